The fourth-order valence-corrected chi connectivity index (χ4v) is 1.19. The molecule has 88 valence electrons. The summed E-state index contributed by atoms with van der Waals surface area (Å²) in [5.74, 6) is -1.29. The standard InChI is InChI=1S/C10H13NO5/c1-2-8-6(3-4-16-8)9(13)11-5-7(12)10(14)15/h3-4,7,12H,2,5H2,1H3,(H,11,13)(H,14,15). The lowest BCUT2D eigenvalue weighted by Crippen LogP contribution is -2.36. The van der Waals surface area contributed by atoms with Crippen LogP contribution < -0.4 is 5.32 Å². The van der Waals surface area contributed by atoms with Crippen molar-refractivity contribution in [2.24, 2.45) is 0 Å². The van der Waals surface area contributed by atoms with Gasteiger partial charge in [0.05, 0.1) is 18.4 Å². The number of hydrogen-bond acceptors (Lipinski definition) is 4. The normalized spacial score (nSPS) is 12.1. The summed E-state index contributed by atoms with van der Waals surface area (Å²) in [4.78, 5) is 21.8. The van der Waals surface area contributed by atoms with Crippen LogP contribution in [0.3, 0.4) is 0 Å². The molecule has 1 atom stereocenters. The van der Waals surface area contributed by atoms with Crippen LogP contribution in [-0.2, 0) is 11.2 Å². The van der Waals surface area contributed by atoms with E-state index in [1.54, 1.807) is 0 Å². The van der Waals surface area contributed by atoms with Gasteiger partial charge >= 0.3 is 5.97 Å². The summed E-state index contributed by atoms with van der Waals surface area (Å²) >= 11 is 0. The maximum Gasteiger partial charge on any atom is 0.334 e. The van der Waals surface area contributed by atoms with Crippen LogP contribution in [0, 0.1) is 0 Å². The summed E-state index contributed by atoms with van der Waals surface area (Å²) in [5.41, 5.74) is 0.361. The number of amides is 1. The Balaban J connectivity index is 2.56. The third-order valence-electron chi connectivity index (χ3n) is 2.05. The van der Waals surface area contributed by atoms with Crippen molar-refractivity contribution in [1.29, 1.82) is 0 Å². The summed E-state index contributed by atoms with van der Waals surface area (Å²) in [5, 5.41) is 19.7. The summed E-state index contributed by atoms with van der Waals surface area (Å²) in [6.45, 7) is 1.50. The third kappa shape index (κ3) is 2.83. The van der Waals surface area contributed by atoms with Gasteiger partial charge in [0.25, 0.3) is 5.91 Å². The van der Waals surface area contributed by atoms with Crippen molar-refractivity contribution >= 4 is 11.9 Å². The lowest BCUT2D eigenvalue weighted by atomic mass is 10.2. The number of carboxylic acid groups (broad SMARTS) is 1. The number of aliphatic hydroxyl groups is 1. The largest absolute Gasteiger partial charge is 0.479 e. The molecule has 3 N–H and O–H groups in total. The minimum absolute atomic E-state index is 0.331. The lowest BCUT2D eigenvalue weighted by Gasteiger charge is -2.07. The van der Waals surface area contributed by atoms with E-state index >= 15 is 0 Å². The number of carbonyl (C=O) groups is 2. The van der Waals surface area contributed by atoms with E-state index in [9.17, 15) is 9.59 Å². The zero-order valence-electron chi connectivity index (χ0n) is 8.77. The number of aliphatic hydroxyl groups excluding tert-OH is 1. The Morgan fingerprint density at radius 3 is 2.81 bits per heavy atom. The van der Waals surface area contributed by atoms with Crippen LogP contribution in [0.4, 0.5) is 0 Å². The van der Waals surface area contributed by atoms with E-state index in [1.165, 1.54) is 12.3 Å². The second kappa shape index (κ2) is 5.32. The summed E-state index contributed by atoms with van der Waals surface area (Å²) in [6, 6.07) is 1.50. The average Bonchev–Trinajstić information content (AvgIpc) is 2.73. The molecule has 0 fully saturated rings. The zero-order chi connectivity index (χ0) is 12.1. The molecule has 0 radical (unpaired) electrons. The topological polar surface area (TPSA) is 99.8 Å². The fourth-order valence-electron chi connectivity index (χ4n) is 1.19. The summed E-state index contributed by atoms with van der Waals surface area (Å²) < 4.78 is 5.05. The molecule has 1 heterocycles. The molecule has 0 aliphatic rings. The first-order valence-corrected chi connectivity index (χ1v) is 4.81. The SMILES string of the molecule is CCc1occc1C(=O)NCC(O)C(=O)O. The predicted octanol–water partition coefficient (Wildman–Crippen LogP) is 0.0173. The number of aliphatic carboxylic acids is 1. The molecule has 6 heteroatoms. The van der Waals surface area contributed by atoms with Crippen LogP contribution in [0.25, 0.3) is 0 Å². The monoisotopic (exact) mass is 227 g/mol. The summed E-state index contributed by atoms with van der Waals surface area (Å²) in [7, 11) is 0. The fraction of sp³-hybridized carbons (Fsp3) is 0.400. The second-order valence-corrected chi connectivity index (χ2v) is 3.18. The highest BCUT2D eigenvalue weighted by Gasteiger charge is 2.17. The molecule has 0 aromatic carbocycles. The number of carbonyl (C=O) groups excluding carboxylic acids is 1. The Morgan fingerprint density at radius 1 is 1.56 bits per heavy atom. The van der Waals surface area contributed by atoms with Crippen LogP contribution >= 0.6 is 0 Å². The van der Waals surface area contributed by atoms with Gasteiger partial charge in [-0.05, 0) is 6.07 Å². The Hall–Kier alpha value is -1.82. The van der Waals surface area contributed by atoms with Gasteiger partial charge in [0, 0.05) is 6.42 Å². The van der Waals surface area contributed by atoms with Gasteiger partial charge in [0.15, 0.2) is 6.10 Å². The van der Waals surface area contributed by atoms with Crippen molar-refractivity contribution in [2.75, 3.05) is 6.54 Å². The van der Waals surface area contributed by atoms with E-state index in [2.05, 4.69) is 5.32 Å². The van der Waals surface area contributed by atoms with Crippen molar-refractivity contribution in [3.05, 3.63) is 23.7 Å². The molecular weight excluding hydrogens is 214 g/mol. The van der Waals surface area contributed by atoms with Gasteiger partial charge in [-0.2, -0.15) is 0 Å². The second-order valence-electron chi connectivity index (χ2n) is 3.18. The molecular formula is C10H13NO5. The smallest absolute Gasteiger partial charge is 0.334 e. The molecule has 0 aliphatic carbocycles. The van der Waals surface area contributed by atoms with Crippen LogP contribution in [0.15, 0.2) is 16.7 Å². The Labute approximate surface area is 91.9 Å². The Bertz CT molecular complexity index is 384. The molecule has 1 aromatic heterocycles. The van der Waals surface area contributed by atoms with Crippen molar-refractivity contribution in [3.8, 4) is 0 Å². The lowest BCUT2D eigenvalue weighted by molar-refractivity contribution is -0.146. The van der Waals surface area contributed by atoms with Gasteiger partial charge in [-0.25, -0.2) is 4.79 Å². The Morgan fingerprint density at radius 2 is 2.25 bits per heavy atom. The number of hydrogen-bond donors (Lipinski definition) is 3. The van der Waals surface area contributed by atoms with Crippen LogP contribution in [0.2, 0.25) is 0 Å². The van der Waals surface area contributed by atoms with Gasteiger partial charge in [-0.15, -0.1) is 0 Å². The maximum absolute atomic E-state index is 11.5. The molecule has 6 nitrogen and oxygen atoms in total. The molecule has 0 spiro atoms. The predicted molar refractivity (Wildman–Crippen MR) is 54.1 cm³/mol. The van der Waals surface area contributed by atoms with Crippen molar-refractivity contribution in [1.82, 2.24) is 5.32 Å². The molecule has 0 bridgehead atoms. The molecule has 1 aromatic rings. The van der Waals surface area contributed by atoms with E-state index in [-0.39, 0.29) is 6.54 Å². The van der Waals surface area contributed by atoms with E-state index in [4.69, 9.17) is 14.6 Å². The summed E-state index contributed by atoms with van der Waals surface area (Å²) in [6.07, 6.45) is 0.361. The minimum Gasteiger partial charge on any atom is -0.479 e. The van der Waals surface area contributed by atoms with E-state index < -0.39 is 18.0 Å². The van der Waals surface area contributed by atoms with E-state index in [0.717, 1.165) is 0 Å². The highest BCUT2D eigenvalue weighted by Crippen LogP contribution is 2.10. The first-order valence-electron chi connectivity index (χ1n) is 4.81. The third-order valence-corrected chi connectivity index (χ3v) is 2.05. The molecule has 0 saturated carbocycles. The van der Waals surface area contributed by atoms with Crippen molar-refractivity contribution < 1.29 is 24.2 Å². The van der Waals surface area contributed by atoms with Crippen LogP contribution in [-0.4, -0.2) is 34.7 Å². The molecule has 1 amide bonds. The molecule has 1 rings (SSSR count). The zero-order valence-corrected chi connectivity index (χ0v) is 8.77. The van der Waals surface area contributed by atoms with Crippen LogP contribution in [0.5, 0.6) is 0 Å². The number of furan rings is 1. The quantitative estimate of drug-likeness (QED) is 0.658. The number of aryl methyl sites for hydroxylation is 1. The Kier molecular flexibility index (Phi) is 4.07. The highest BCUT2D eigenvalue weighted by molar-refractivity contribution is 5.95. The van der Waals surface area contributed by atoms with E-state index in [1.807, 2.05) is 6.92 Å². The minimum atomic E-state index is -1.60. The molecule has 0 aliphatic heterocycles. The van der Waals surface area contributed by atoms with E-state index in [0.29, 0.717) is 17.7 Å². The first-order chi connectivity index (χ1) is 7.56. The molecule has 1 unspecified atom stereocenters. The highest BCUT2D eigenvalue weighted by atomic mass is 16.4. The molecule has 0 saturated heterocycles. The van der Waals surface area contributed by atoms with Gasteiger partial charge < -0.3 is 19.9 Å². The molecule has 16 heavy (non-hydrogen) atoms. The maximum atomic E-state index is 11.5. The van der Waals surface area contributed by atoms with Crippen LogP contribution in [0.1, 0.15) is 23.0 Å². The van der Waals surface area contributed by atoms with Crippen molar-refractivity contribution in [3.63, 3.8) is 0 Å². The van der Waals surface area contributed by atoms with Gasteiger partial charge in [-0.3, -0.25) is 4.79 Å². The number of carboxylic acids is 1. The number of rotatable bonds is 5. The van der Waals surface area contributed by atoms with Gasteiger partial charge in [0.2, 0.25) is 0 Å². The van der Waals surface area contributed by atoms with Crippen molar-refractivity contribution in [2.45, 2.75) is 19.4 Å². The first kappa shape index (κ1) is 12.3. The van der Waals surface area contributed by atoms with Gasteiger partial charge in [0.1, 0.15) is 5.76 Å². The van der Waals surface area contributed by atoms with Gasteiger partial charge in [-0.1, -0.05) is 6.92 Å². The number of nitrogens with one attached hydrogen (secondary N) is 1. The average molecular weight is 227 g/mol.